The highest BCUT2D eigenvalue weighted by Gasteiger charge is 2.18. The van der Waals surface area contributed by atoms with Gasteiger partial charge in [0.1, 0.15) is 6.42 Å². The van der Waals surface area contributed by atoms with E-state index in [2.05, 4.69) is 17.1 Å². The Morgan fingerprint density at radius 1 is 1.36 bits per heavy atom. The molecule has 0 spiro atoms. The Labute approximate surface area is 130 Å². The van der Waals surface area contributed by atoms with Crippen LogP contribution in [-0.4, -0.2) is 24.8 Å². The van der Waals surface area contributed by atoms with Crippen molar-refractivity contribution in [1.29, 1.82) is 5.26 Å². The van der Waals surface area contributed by atoms with Crippen LogP contribution in [0.2, 0.25) is 0 Å². The van der Waals surface area contributed by atoms with E-state index in [1.165, 1.54) is 6.92 Å². The number of anilines is 2. The number of nitrogens with one attached hydrogen (secondary N) is 1. The third kappa shape index (κ3) is 3.85. The molecule has 1 N–H and O–H groups in total. The van der Waals surface area contributed by atoms with E-state index in [1.54, 1.807) is 12.1 Å². The summed E-state index contributed by atoms with van der Waals surface area (Å²) in [6, 6.07) is 7.30. The Balaban J connectivity index is 2.22. The van der Waals surface area contributed by atoms with E-state index in [0.29, 0.717) is 11.3 Å². The van der Waals surface area contributed by atoms with E-state index in [4.69, 9.17) is 5.26 Å². The molecule has 1 saturated heterocycles. The first-order valence-corrected chi connectivity index (χ1v) is 7.58. The van der Waals surface area contributed by atoms with Crippen LogP contribution in [0.5, 0.6) is 0 Å². The average Bonchev–Trinajstić information content (AvgIpc) is 2.48. The second-order valence-corrected chi connectivity index (χ2v) is 5.84. The predicted molar refractivity (Wildman–Crippen MR) is 85.9 cm³/mol. The van der Waals surface area contributed by atoms with Crippen LogP contribution in [-0.2, 0) is 4.79 Å². The summed E-state index contributed by atoms with van der Waals surface area (Å²) in [7, 11) is 0. The van der Waals surface area contributed by atoms with Crippen molar-refractivity contribution >= 4 is 23.1 Å². The monoisotopic (exact) mass is 299 g/mol. The van der Waals surface area contributed by atoms with Gasteiger partial charge in [-0.15, -0.1) is 0 Å². The number of benzene rings is 1. The minimum atomic E-state index is -0.399. The third-order valence-electron chi connectivity index (χ3n) is 4.04. The van der Waals surface area contributed by atoms with E-state index in [9.17, 15) is 9.59 Å². The van der Waals surface area contributed by atoms with Gasteiger partial charge in [-0.2, -0.15) is 5.26 Å². The number of hydrogen-bond donors (Lipinski definition) is 1. The number of hydrogen-bond acceptors (Lipinski definition) is 4. The van der Waals surface area contributed by atoms with Gasteiger partial charge >= 0.3 is 0 Å². The molecule has 1 aliphatic heterocycles. The molecule has 2 rings (SSSR count). The number of nitrogens with zero attached hydrogens (tertiary/aromatic N) is 2. The normalized spacial score (nSPS) is 15.2. The Kier molecular flexibility index (Phi) is 5.16. The number of rotatable bonds is 4. The minimum Gasteiger partial charge on any atom is -0.371 e. The van der Waals surface area contributed by atoms with Gasteiger partial charge in [-0.05, 0) is 43.9 Å². The van der Waals surface area contributed by atoms with Crippen molar-refractivity contribution in [3.05, 3.63) is 23.8 Å². The highest BCUT2D eigenvalue weighted by Crippen LogP contribution is 2.27. The zero-order valence-electron chi connectivity index (χ0n) is 13.1. The fourth-order valence-corrected chi connectivity index (χ4v) is 2.66. The summed E-state index contributed by atoms with van der Waals surface area (Å²) in [5.41, 5.74) is 1.97. The quantitative estimate of drug-likeness (QED) is 0.867. The van der Waals surface area contributed by atoms with Crippen LogP contribution in [0.3, 0.4) is 0 Å². The van der Waals surface area contributed by atoms with Gasteiger partial charge in [0.25, 0.3) is 0 Å². The molecule has 1 aliphatic rings. The number of Topliss-reactive ketones (excluding diaryl/α,β-unsaturated/α-hetero) is 1. The first-order chi connectivity index (χ1) is 10.5. The summed E-state index contributed by atoms with van der Waals surface area (Å²) < 4.78 is 0. The molecule has 0 radical (unpaired) electrons. The van der Waals surface area contributed by atoms with Crippen LogP contribution in [0.1, 0.15) is 43.5 Å². The standard InChI is InChI=1S/C17H21N3O2/c1-12-6-9-20(10-7-12)14-3-4-16(15(11-14)13(2)21)19-17(22)5-8-18/h3-4,11-12H,5-7,9-10H2,1-2H3,(H,19,22). The lowest BCUT2D eigenvalue weighted by Crippen LogP contribution is -2.32. The van der Waals surface area contributed by atoms with Gasteiger partial charge in [0.15, 0.2) is 5.78 Å². The number of carbonyl (C=O) groups excluding carboxylic acids is 2. The molecule has 0 unspecified atom stereocenters. The molecule has 0 aromatic heterocycles. The van der Waals surface area contributed by atoms with Gasteiger partial charge < -0.3 is 10.2 Å². The highest BCUT2D eigenvalue weighted by molar-refractivity contribution is 6.04. The summed E-state index contributed by atoms with van der Waals surface area (Å²) >= 11 is 0. The Morgan fingerprint density at radius 2 is 2.05 bits per heavy atom. The average molecular weight is 299 g/mol. The van der Waals surface area contributed by atoms with Gasteiger partial charge in [-0.3, -0.25) is 9.59 Å². The largest absolute Gasteiger partial charge is 0.371 e. The van der Waals surface area contributed by atoms with Gasteiger partial charge in [0.05, 0.1) is 11.8 Å². The molecule has 5 heteroatoms. The van der Waals surface area contributed by atoms with E-state index in [-0.39, 0.29) is 12.2 Å². The third-order valence-corrected chi connectivity index (χ3v) is 4.04. The summed E-state index contributed by atoms with van der Waals surface area (Å²) in [4.78, 5) is 25.7. The second kappa shape index (κ2) is 7.08. The van der Waals surface area contributed by atoms with Crippen LogP contribution in [0.4, 0.5) is 11.4 Å². The van der Waals surface area contributed by atoms with Gasteiger partial charge in [0, 0.05) is 24.3 Å². The smallest absolute Gasteiger partial charge is 0.238 e. The van der Waals surface area contributed by atoms with Gasteiger partial charge in [-0.1, -0.05) is 6.92 Å². The molecule has 1 aromatic carbocycles. The maximum atomic E-state index is 11.9. The van der Waals surface area contributed by atoms with Gasteiger partial charge in [0.2, 0.25) is 5.91 Å². The Bertz CT molecular complexity index is 611. The molecule has 0 aliphatic carbocycles. The highest BCUT2D eigenvalue weighted by atomic mass is 16.1. The Morgan fingerprint density at radius 3 is 2.64 bits per heavy atom. The number of amides is 1. The maximum absolute atomic E-state index is 11.9. The first-order valence-electron chi connectivity index (χ1n) is 7.58. The molecule has 0 atom stereocenters. The molecule has 5 nitrogen and oxygen atoms in total. The SMILES string of the molecule is CC(=O)c1cc(N2CCC(C)CC2)ccc1NC(=O)CC#N. The fraction of sp³-hybridized carbons (Fsp3) is 0.471. The summed E-state index contributed by atoms with van der Waals surface area (Å²) in [5, 5.41) is 11.2. The fourth-order valence-electron chi connectivity index (χ4n) is 2.66. The van der Waals surface area contributed by atoms with E-state index in [1.807, 2.05) is 12.1 Å². The van der Waals surface area contributed by atoms with E-state index < -0.39 is 5.91 Å². The van der Waals surface area contributed by atoms with Crippen molar-refractivity contribution in [2.45, 2.75) is 33.1 Å². The van der Waals surface area contributed by atoms with Crippen molar-refractivity contribution in [1.82, 2.24) is 0 Å². The molecule has 22 heavy (non-hydrogen) atoms. The number of carbonyl (C=O) groups is 2. The predicted octanol–water partition coefficient (Wildman–Crippen LogP) is 2.98. The van der Waals surface area contributed by atoms with E-state index >= 15 is 0 Å². The van der Waals surface area contributed by atoms with Crippen molar-refractivity contribution in [3.8, 4) is 6.07 Å². The lowest BCUT2D eigenvalue weighted by Gasteiger charge is -2.32. The number of ketones is 1. The summed E-state index contributed by atoms with van der Waals surface area (Å²) in [5.74, 6) is 0.247. The van der Waals surface area contributed by atoms with E-state index in [0.717, 1.165) is 37.5 Å². The molecule has 0 bridgehead atoms. The minimum absolute atomic E-state index is 0.0977. The van der Waals surface area contributed by atoms with Crippen LogP contribution in [0.15, 0.2) is 18.2 Å². The molecule has 116 valence electrons. The zero-order chi connectivity index (χ0) is 16.1. The molecular formula is C17H21N3O2. The van der Waals surface area contributed by atoms with Crippen LogP contribution in [0.25, 0.3) is 0 Å². The molecular weight excluding hydrogens is 278 g/mol. The van der Waals surface area contributed by atoms with Crippen molar-refractivity contribution in [2.24, 2.45) is 5.92 Å². The van der Waals surface area contributed by atoms with Crippen molar-refractivity contribution in [2.75, 3.05) is 23.3 Å². The van der Waals surface area contributed by atoms with Crippen LogP contribution < -0.4 is 10.2 Å². The second-order valence-electron chi connectivity index (χ2n) is 5.84. The topological polar surface area (TPSA) is 73.2 Å². The number of piperidine rings is 1. The number of nitriles is 1. The molecule has 1 amide bonds. The lowest BCUT2D eigenvalue weighted by molar-refractivity contribution is -0.115. The molecule has 0 saturated carbocycles. The van der Waals surface area contributed by atoms with Crippen LogP contribution in [0, 0.1) is 17.2 Å². The lowest BCUT2D eigenvalue weighted by atomic mass is 9.98. The summed E-state index contributed by atoms with van der Waals surface area (Å²) in [6.45, 7) is 5.71. The maximum Gasteiger partial charge on any atom is 0.238 e. The van der Waals surface area contributed by atoms with Crippen LogP contribution >= 0.6 is 0 Å². The molecule has 1 aromatic rings. The van der Waals surface area contributed by atoms with Gasteiger partial charge in [-0.25, -0.2) is 0 Å². The molecule has 1 heterocycles. The van der Waals surface area contributed by atoms with Crippen molar-refractivity contribution in [3.63, 3.8) is 0 Å². The van der Waals surface area contributed by atoms with Crippen molar-refractivity contribution < 1.29 is 9.59 Å². The zero-order valence-corrected chi connectivity index (χ0v) is 13.1. The first kappa shape index (κ1) is 16.0. The summed E-state index contributed by atoms with van der Waals surface area (Å²) in [6.07, 6.45) is 2.08. The molecule has 1 fully saturated rings. The Hall–Kier alpha value is -2.35.